The normalized spacial score (nSPS) is 35.5. The molecule has 0 spiro atoms. The van der Waals surface area contributed by atoms with Crippen LogP contribution in [0, 0.1) is 0 Å². The predicted molar refractivity (Wildman–Crippen MR) is 60.2 cm³/mol. The summed E-state index contributed by atoms with van der Waals surface area (Å²) in [6.45, 7) is 6.20. The molecule has 2 fully saturated rings. The van der Waals surface area contributed by atoms with E-state index in [1.54, 1.807) is 4.31 Å². The van der Waals surface area contributed by atoms with Crippen LogP contribution in [0.3, 0.4) is 0 Å². The van der Waals surface area contributed by atoms with Gasteiger partial charge in [-0.15, -0.1) is 0 Å². The average molecular weight is 232 g/mol. The molecule has 0 amide bonds. The van der Waals surface area contributed by atoms with E-state index in [-0.39, 0.29) is 6.04 Å². The van der Waals surface area contributed by atoms with Gasteiger partial charge in [0.1, 0.15) is 0 Å². The van der Waals surface area contributed by atoms with Crippen molar-refractivity contribution in [3.8, 4) is 0 Å². The molecule has 2 aliphatic rings. The number of rotatable bonds is 1. The SMILES string of the molecule is CC1(C)CCN(C2CCCNC2)S1(=O)=O. The first-order valence-corrected chi connectivity index (χ1v) is 7.11. The van der Waals surface area contributed by atoms with Crippen molar-refractivity contribution in [1.29, 1.82) is 0 Å². The van der Waals surface area contributed by atoms with Crippen molar-refractivity contribution >= 4 is 10.0 Å². The lowest BCUT2D eigenvalue weighted by atomic mass is 10.1. The first-order valence-electron chi connectivity index (χ1n) is 5.67. The minimum Gasteiger partial charge on any atom is -0.315 e. The van der Waals surface area contributed by atoms with Crippen molar-refractivity contribution in [3.63, 3.8) is 0 Å². The first kappa shape index (κ1) is 11.4. The summed E-state index contributed by atoms with van der Waals surface area (Å²) < 4.78 is 25.6. The number of nitrogens with one attached hydrogen (secondary N) is 1. The Balaban J connectivity index is 2.18. The molecule has 0 aromatic rings. The summed E-state index contributed by atoms with van der Waals surface area (Å²) >= 11 is 0. The van der Waals surface area contributed by atoms with Crippen LogP contribution in [0.5, 0.6) is 0 Å². The maximum absolute atomic E-state index is 12.2. The molecule has 2 heterocycles. The van der Waals surface area contributed by atoms with Crippen LogP contribution in [0.25, 0.3) is 0 Å². The minimum atomic E-state index is -3.07. The van der Waals surface area contributed by atoms with Gasteiger partial charge in [0, 0.05) is 19.1 Å². The molecule has 0 aromatic heterocycles. The second-order valence-corrected chi connectivity index (χ2v) is 7.65. The summed E-state index contributed by atoms with van der Waals surface area (Å²) in [6.07, 6.45) is 2.84. The predicted octanol–water partition coefficient (Wildman–Crippen LogP) is 0.552. The van der Waals surface area contributed by atoms with E-state index in [2.05, 4.69) is 5.32 Å². The van der Waals surface area contributed by atoms with Crippen LogP contribution in [0.2, 0.25) is 0 Å². The number of sulfonamides is 1. The third kappa shape index (κ3) is 1.81. The number of hydrogen-bond acceptors (Lipinski definition) is 3. The lowest BCUT2D eigenvalue weighted by Crippen LogP contribution is -2.48. The molecule has 15 heavy (non-hydrogen) atoms. The van der Waals surface area contributed by atoms with Crippen LogP contribution in [-0.4, -0.2) is 43.1 Å². The number of nitrogens with zero attached hydrogens (tertiary/aromatic N) is 1. The Labute approximate surface area is 92.1 Å². The van der Waals surface area contributed by atoms with Crippen LogP contribution in [0.1, 0.15) is 33.1 Å². The highest BCUT2D eigenvalue weighted by Gasteiger charge is 2.48. The summed E-state index contributed by atoms with van der Waals surface area (Å²) in [5.41, 5.74) is 0. The van der Waals surface area contributed by atoms with Crippen molar-refractivity contribution in [2.75, 3.05) is 19.6 Å². The zero-order chi connectivity index (χ0) is 11.1. The van der Waals surface area contributed by atoms with Gasteiger partial charge in [-0.2, -0.15) is 4.31 Å². The van der Waals surface area contributed by atoms with E-state index in [0.29, 0.717) is 6.54 Å². The monoisotopic (exact) mass is 232 g/mol. The maximum atomic E-state index is 12.2. The Morgan fingerprint density at radius 1 is 1.40 bits per heavy atom. The summed E-state index contributed by atoms with van der Waals surface area (Å²) in [6, 6.07) is 0.186. The van der Waals surface area contributed by atoms with Crippen molar-refractivity contribution < 1.29 is 8.42 Å². The molecule has 1 atom stereocenters. The second kappa shape index (κ2) is 3.71. The molecular formula is C10H20N2O2S. The van der Waals surface area contributed by atoms with E-state index >= 15 is 0 Å². The van der Waals surface area contributed by atoms with Gasteiger partial charge in [-0.05, 0) is 39.7 Å². The summed E-state index contributed by atoms with van der Waals surface area (Å²) in [4.78, 5) is 0. The van der Waals surface area contributed by atoms with Gasteiger partial charge in [0.05, 0.1) is 4.75 Å². The quantitative estimate of drug-likeness (QED) is 0.718. The number of hydrogen-bond donors (Lipinski definition) is 1. The standard InChI is InChI=1S/C10H20N2O2S/c1-10(2)5-7-12(15(10,13)14)9-4-3-6-11-8-9/h9,11H,3-8H2,1-2H3. The van der Waals surface area contributed by atoms with Gasteiger partial charge in [-0.25, -0.2) is 8.42 Å². The molecule has 0 saturated carbocycles. The van der Waals surface area contributed by atoms with Gasteiger partial charge in [-0.1, -0.05) is 0 Å². The molecule has 2 rings (SSSR count). The van der Waals surface area contributed by atoms with Crippen LogP contribution < -0.4 is 5.32 Å². The fourth-order valence-electron chi connectivity index (χ4n) is 2.40. The topological polar surface area (TPSA) is 49.4 Å². The van der Waals surface area contributed by atoms with Gasteiger partial charge >= 0.3 is 0 Å². The molecule has 0 aliphatic carbocycles. The Morgan fingerprint density at radius 2 is 2.13 bits per heavy atom. The second-order valence-electron chi connectivity index (χ2n) is 5.13. The maximum Gasteiger partial charge on any atom is 0.219 e. The number of piperidine rings is 1. The van der Waals surface area contributed by atoms with E-state index in [1.165, 1.54) is 0 Å². The highest BCUT2D eigenvalue weighted by atomic mass is 32.2. The zero-order valence-electron chi connectivity index (χ0n) is 9.49. The summed E-state index contributed by atoms with van der Waals surface area (Å²) in [5.74, 6) is 0. The van der Waals surface area contributed by atoms with E-state index in [4.69, 9.17) is 0 Å². The zero-order valence-corrected chi connectivity index (χ0v) is 10.3. The van der Waals surface area contributed by atoms with E-state index < -0.39 is 14.8 Å². The molecule has 88 valence electrons. The van der Waals surface area contributed by atoms with Gasteiger partial charge in [0.15, 0.2) is 0 Å². The van der Waals surface area contributed by atoms with E-state index in [1.807, 2.05) is 13.8 Å². The van der Waals surface area contributed by atoms with Gasteiger partial charge in [-0.3, -0.25) is 0 Å². The van der Waals surface area contributed by atoms with Crippen LogP contribution >= 0.6 is 0 Å². The van der Waals surface area contributed by atoms with Crippen molar-refractivity contribution in [2.24, 2.45) is 0 Å². The van der Waals surface area contributed by atoms with Crippen molar-refractivity contribution in [1.82, 2.24) is 9.62 Å². The minimum absolute atomic E-state index is 0.186. The highest BCUT2D eigenvalue weighted by Crippen LogP contribution is 2.34. The molecule has 0 bridgehead atoms. The fourth-order valence-corrected chi connectivity index (χ4v) is 4.29. The van der Waals surface area contributed by atoms with Crippen LogP contribution in [0.4, 0.5) is 0 Å². The van der Waals surface area contributed by atoms with Gasteiger partial charge in [0.2, 0.25) is 10.0 Å². The van der Waals surface area contributed by atoms with Crippen LogP contribution in [0.15, 0.2) is 0 Å². The fraction of sp³-hybridized carbons (Fsp3) is 1.00. The third-order valence-corrected chi connectivity index (χ3v) is 6.32. The molecule has 1 N–H and O–H groups in total. The van der Waals surface area contributed by atoms with E-state index in [0.717, 1.165) is 32.4 Å². The molecule has 0 radical (unpaired) electrons. The molecule has 2 saturated heterocycles. The molecule has 1 unspecified atom stereocenters. The summed E-state index contributed by atoms with van der Waals surface area (Å²) in [7, 11) is -3.07. The van der Waals surface area contributed by atoms with Crippen molar-refractivity contribution in [2.45, 2.75) is 43.9 Å². The molecule has 5 heteroatoms. The van der Waals surface area contributed by atoms with Crippen molar-refractivity contribution in [3.05, 3.63) is 0 Å². The largest absolute Gasteiger partial charge is 0.315 e. The smallest absolute Gasteiger partial charge is 0.219 e. The van der Waals surface area contributed by atoms with Gasteiger partial charge in [0.25, 0.3) is 0 Å². The molecular weight excluding hydrogens is 212 g/mol. The third-order valence-electron chi connectivity index (χ3n) is 3.62. The van der Waals surface area contributed by atoms with Gasteiger partial charge < -0.3 is 5.32 Å². The lowest BCUT2D eigenvalue weighted by molar-refractivity contribution is 0.280. The Bertz CT molecular complexity index is 331. The molecule has 4 nitrogen and oxygen atoms in total. The Kier molecular flexibility index (Phi) is 2.81. The van der Waals surface area contributed by atoms with E-state index in [9.17, 15) is 8.42 Å². The first-order chi connectivity index (χ1) is 6.95. The Morgan fingerprint density at radius 3 is 2.60 bits per heavy atom. The lowest BCUT2D eigenvalue weighted by Gasteiger charge is -2.31. The Hall–Kier alpha value is -0.130. The van der Waals surface area contributed by atoms with Crippen LogP contribution in [-0.2, 0) is 10.0 Å². The summed E-state index contributed by atoms with van der Waals surface area (Å²) in [5, 5.41) is 3.27. The molecule has 2 aliphatic heterocycles. The average Bonchev–Trinajstić information content (AvgIpc) is 2.39. The molecule has 0 aromatic carbocycles. The highest BCUT2D eigenvalue weighted by molar-refractivity contribution is 7.90.